The summed E-state index contributed by atoms with van der Waals surface area (Å²) in [5, 5.41) is 3.91. The molecule has 0 bridgehead atoms. The van der Waals surface area contributed by atoms with E-state index < -0.39 is 0 Å². The fourth-order valence-corrected chi connectivity index (χ4v) is 4.21. The van der Waals surface area contributed by atoms with Crippen molar-refractivity contribution in [2.75, 3.05) is 19.8 Å². The lowest BCUT2D eigenvalue weighted by Gasteiger charge is -2.39. The van der Waals surface area contributed by atoms with Gasteiger partial charge in [-0.25, -0.2) is 0 Å². The van der Waals surface area contributed by atoms with Crippen LogP contribution in [-0.4, -0.2) is 37.5 Å². The number of rotatable bonds is 2. The van der Waals surface area contributed by atoms with Crippen molar-refractivity contribution in [2.24, 2.45) is 0 Å². The van der Waals surface area contributed by atoms with Gasteiger partial charge in [0.2, 0.25) is 0 Å². The molecule has 114 valence electrons. The van der Waals surface area contributed by atoms with Gasteiger partial charge in [-0.3, -0.25) is 0 Å². The van der Waals surface area contributed by atoms with Crippen molar-refractivity contribution in [1.29, 1.82) is 0 Å². The Kier molecular flexibility index (Phi) is 3.74. The van der Waals surface area contributed by atoms with Crippen LogP contribution in [0.5, 0.6) is 0 Å². The molecule has 21 heavy (non-hydrogen) atoms. The number of fused-ring (bicyclic) bond motifs is 1. The molecule has 1 N–H and O–H groups in total. The van der Waals surface area contributed by atoms with Crippen LogP contribution in [0, 0.1) is 0 Å². The smallest absolute Gasteiger partial charge is 0.0951 e. The van der Waals surface area contributed by atoms with Gasteiger partial charge < -0.3 is 14.8 Å². The van der Waals surface area contributed by atoms with Gasteiger partial charge in [0.25, 0.3) is 0 Å². The Morgan fingerprint density at radius 3 is 2.81 bits per heavy atom. The lowest BCUT2D eigenvalue weighted by molar-refractivity contribution is -0.0904. The van der Waals surface area contributed by atoms with E-state index in [1.165, 1.54) is 24.8 Å². The molecule has 2 heterocycles. The third-order valence-electron chi connectivity index (χ3n) is 5.38. The molecule has 4 rings (SSSR count). The Morgan fingerprint density at radius 2 is 1.95 bits per heavy atom. The van der Waals surface area contributed by atoms with Crippen molar-refractivity contribution >= 4 is 0 Å². The minimum absolute atomic E-state index is 0.0164. The zero-order valence-electron chi connectivity index (χ0n) is 12.6. The lowest BCUT2D eigenvalue weighted by atomic mass is 9.85. The highest BCUT2D eigenvalue weighted by molar-refractivity contribution is 5.30. The summed E-state index contributed by atoms with van der Waals surface area (Å²) in [6.45, 7) is 2.53. The summed E-state index contributed by atoms with van der Waals surface area (Å²) in [6.07, 6.45) is 6.98. The summed E-state index contributed by atoms with van der Waals surface area (Å²) in [6, 6.07) is 10.1. The number of aryl methyl sites for hydroxylation is 1. The van der Waals surface area contributed by atoms with Gasteiger partial charge in [0.05, 0.1) is 12.2 Å². The monoisotopic (exact) mass is 287 g/mol. The average Bonchev–Trinajstić information content (AvgIpc) is 2.95. The molecule has 0 aromatic heterocycles. The summed E-state index contributed by atoms with van der Waals surface area (Å²) in [4.78, 5) is 0. The Balaban J connectivity index is 1.38. The van der Waals surface area contributed by atoms with Gasteiger partial charge in [0.1, 0.15) is 0 Å². The van der Waals surface area contributed by atoms with Crippen LogP contribution < -0.4 is 5.32 Å². The highest BCUT2D eigenvalue weighted by Crippen LogP contribution is 2.33. The number of benzene rings is 1. The fourth-order valence-electron chi connectivity index (χ4n) is 4.21. The Bertz CT molecular complexity index is 496. The van der Waals surface area contributed by atoms with Crippen LogP contribution in [0.1, 0.15) is 36.8 Å². The molecule has 0 radical (unpaired) electrons. The van der Waals surface area contributed by atoms with E-state index in [1.54, 1.807) is 5.56 Å². The van der Waals surface area contributed by atoms with Gasteiger partial charge in [-0.1, -0.05) is 24.3 Å². The van der Waals surface area contributed by atoms with Crippen molar-refractivity contribution in [3.05, 3.63) is 35.4 Å². The molecule has 2 aliphatic heterocycles. The van der Waals surface area contributed by atoms with E-state index in [-0.39, 0.29) is 5.60 Å². The van der Waals surface area contributed by atoms with E-state index in [0.29, 0.717) is 12.1 Å². The van der Waals surface area contributed by atoms with Crippen molar-refractivity contribution in [3.8, 4) is 0 Å². The summed E-state index contributed by atoms with van der Waals surface area (Å²) in [5.74, 6) is 0. The van der Waals surface area contributed by atoms with E-state index in [2.05, 4.69) is 29.6 Å². The Morgan fingerprint density at radius 1 is 1.05 bits per heavy atom. The highest BCUT2D eigenvalue weighted by atomic mass is 16.6. The van der Waals surface area contributed by atoms with Crippen molar-refractivity contribution in [3.63, 3.8) is 0 Å². The molecule has 1 aromatic carbocycles. The molecule has 2 fully saturated rings. The van der Waals surface area contributed by atoms with Gasteiger partial charge in [-0.05, 0) is 43.2 Å². The van der Waals surface area contributed by atoms with Crippen LogP contribution in [0.25, 0.3) is 0 Å². The summed E-state index contributed by atoms with van der Waals surface area (Å²) >= 11 is 0. The second-order valence-corrected chi connectivity index (χ2v) is 6.90. The summed E-state index contributed by atoms with van der Waals surface area (Å²) in [5.41, 5.74) is 3.10. The second kappa shape index (κ2) is 5.71. The number of ether oxygens (including phenoxy) is 2. The average molecular weight is 287 g/mol. The van der Waals surface area contributed by atoms with E-state index in [1.807, 2.05) is 0 Å². The molecule has 3 atom stereocenters. The molecule has 1 aromatic rings. The standard InChI is InChI=1S/C18H25NO2/c1-2-4-15-11-16(6-5-14(15)3-1)19-17-7-9-21-18(12-17)8-10-20-13-18/h1-4,16-17,19H,5-13H2. The fraction of sp³-hybridized carbons (Fsp3) is 0.667. The molecule has 1 aliphatic carbocycles. The predicted molar refractivity (Wildman–Crippen MR) is 82.5 cm³/mol. The molecule has 3 nitrogen and oxygen atoms in total. The van der Waals surface area contributed by atoms with Crippen LogP contribution in [0.2, 0.25) is 0 Å². The zero-order valence-corrected chi connectivity index (χ0v) is 12.6. The SMILES string of the molecule is c1ccc2c(c1)CCC(NC1CCOC3(CCOC3)C1)C2. The molecule has 0 amide bonds. The van der Waals surface area contributed by atoms with Gasteiger partial charge in [0.15, 0.2) is 0 Å². The van der Waals surface area contributed by atoms with E-state index >= 15 is 0 Å². The number of hydrogen-bond acceptors (Lipinski definition) is 3. The van der Waals surface area contributed by atoms with Crippen LogP contribution in [-0.2, 0) is 22.3 Å². The first-order chi connectivity index (χ1) is 10.3. The van der Waals surface area contributed by atoms with Gasteiger partial charge in [-0.15, -0.1) is 0 Å². The highest BCUT2D eigenvalue weighted by Gasteiger charge is 2.41. The second-order valence-electron chi connectivity index (χ2n) is 6.90. The largest absolute Gasteiger partial charge is 0.378 e. The number of hydrogen-bond donors (Lipinski definition) is 1. The first-order valence-electron chi connectivity index (χ1n) is 8.38. The molecule has 3 aliphatic rings. The van der Waals surface area contributed by atoms with E-state index in [4.69, 9.17) is 9.47 Å². The molecule has 2 saturated heterocycles. The van der Waals surface area contributed by atoms with E-state index in [0.717, 1.165) is 39.1 Å². The van der Waals surface area contributed by atoms with Gasteiger partial charge in [-0.2, -0.15) is 0 Å². The van der Waals surface area contributed by atoms with Crippen molar-refractivity contribution in [2.45, 2.75) is 56.2 Å². The summed E-state index contributed by atoms with van der Waals surface area (Å²) in [7, 11) is 0. The Labute approximate surface area is 127 Å². The van der Waals surface area contributed by atoms with E-state index in [9.17, 15) is 0 Å². The molecule has 0 saturated carbocycles. The third kappa shape index (κ3) is 2.87. The topological polar surface area (TPSA) is 30.5 Å². The van der Waals surface area contributed by atoms with Crippen LogP contribution >= 0.6 is 0 Å². The zero-order chi connectivity index (χ0) is 14.1. The minimum atomic E-state index is 0.0164. The molecule has 3 unspecified atom stereocenters. The lowest BCUT2D eigenvalue weighted by Crippen LogP contribution is -2.51. The van der Waals surface area contributed by atoms with Crippen LogP contribution in [0.4, 0.5) is 0 Å². The predicted octanol–water partition coefficient (Wildman–Crippen LogP) is 2.47. The first kappa shape index (κ1) is 13.7. The Hall–Kier alpha value is -0.900. The normalized spacial score (nSPS) is 35.8. The third-order valence-corrected chi connectivity index (χ3v) is 5.38. The maximum atomic E-state index is 6.04. The van der Waals surface area contributed by atoms with Crippen LogP contribution in [0.3, 0.4) is 0 Å². The summed E-state index contributed by atoms with van der Waals surface area (Å²) < 4.78 is 11.6. The number of nitrogens with one attached hydrogen (secondary N) is 1. The first-order valence-corrected chi connectivity index (χ1v) is 8.38. The van der Waals surface area contributed by atoms with Gasteiger partial charge in [0, 0.05) is 31.7 Å². The quantitative estimate of drug-likeness (QED) is 0.906. The minimum Gasteiger partial charge on any atom is -0.378 e. The van der Waals surface area contributed by atoms with Gasteiger partial charge >= 0.3 is 0 Å². The molecule has 1 spiro atoms. The molecular weight excluding hydrogens is 262 g/mol. The van der Waals surface area contributed by atoms with Crippen molar-refractivity contribution in [1.82, 2.24) is 5.32 Å². The maximum Gasteiger partial charge on any atom is 0.0951 e. The molecule has 3 heteroatoms. The maximum absolute atomic E-state index is 6.04. The molecular formula is C18H25NO2. The van der Waals surface area contributed by atoms with Crippen LogP contribution in [0.15, 0.2) is 24.3 Å². The van der Waals surface area contributed by atoms with Crippen molar-refractivity contribution < 1.29 is 9.47 Å².